The molecule has 2 rings (SSSR count). The van der Waals surface area contributed by atoms with Crippen LogP contribution < -0.4 is 0 Å². The van der Waals surface area contributed by atoms with Crippen molar-refractivity contribution in [3.05, 3.63) is 35.4 Å². The summed E-state index contributed by atoms with van der Waals surface area (Å²) in [5.74, 6) is -1.80. The Morgan fingerprint density at radius 3 is 2.67 bits per heavy atom. The van der Waals surface area contributed by atoms with E-state index >= 15 is 0 Å². The molecule has 2 atom stereocenters. The van der Waals surface area contributed by atoms with Gasteiger partial charge in [0.2, 0.25) is 0 Å². The lowest BCUT2D eigenvalue weighted by Crippen LogP contribution is -2.34. The molecule has 2 unspecified atom stereocenters. The minimum absolute atomic E-state index is 0.147. The van der Waals surface area contributed by atoms with Crippen LogP contribution in [-0.2, 0) is 0 Å². The van der Waals surface area contributed by atoms with Gasteiger partial charge >= 0.3 is 0 Å². The molecule has 21 heavy (non-hydrogen) atoms. The van der Waals surface area contributed by atoms with Crippen molar-refractivity contribution in [1.29, 1.82) is 0 Å². The van der Waals surface area contributed by atoms with Crippen LogP contribution in [0.1, 0.15) is 23.7 Å². The highest BCUT2D eigenvalue weighted by Gasteiger charge is 2.31. The molecule has 5 heteroatoms. The summed E-state index contributed by atoms with van der Waals surface area (Å²) in [5, 5.41) is 0. The van der Waals surface area contributed by atoms with E-state index in [4.69, 9.17) is 0 Å². The van der Waals surface area contributed by atoms with Gasteiger partial charge in [-0.2, -0.15) is 0 Å². The van der Waals surface area contributed by atoms with E-state index in [1.807, 2.05) is 0 Å². The number of benzene rings is 1. The fraction of sp³-hybridized carbons (Fsp3) is 0.562. The number of hydrogen-bond acceptors (Lipinski definition) is 3. The lowest BCUT2D eigenvalue weighted by Gasteiger charge is -2.22. The van der Waals surface area contributed by atoms with Crippen molar-refractivity contribution in [2.24, 2.45) is 5.92 Å². The summed E-state index contributed by atoms with van der Waals surface area (Å²) in [4.78, 5) is 16.4. The maximum atomic E-state index is 13.6. The van der Waals surface area contributed by atoms with E-state index in [1.165, 1.54) is 12.1 Å². The van der Waals surface area contributed by atoms with Crippen molar-refractivity contribution >= 4 is 5.78 Å². The maximum absolute atomic E-state index is 13.6. The molecule has 0 spiro atoms. The number of rotatable bonds is 5. The first-order valence-corrected chi connectivity index (χ1v) is 7.26. The molecule has 1 aliphatic rings. The highest BCUT2D eigenvalue weighted by molar-refractivity contribution is 5.96. The number of nitrogens with zero attached hydrogens (tertiary/aromatic N) is 2. The molecule has 1 aliphatic heterocycles. The van der Waals surface area contributed by atoms with Crippen LogP contribution in [0.2, 0.25) is 0 Å². The van der Waals surface area contributed by atoms with Gasteiger partial charge in [0.15, 0.2) is 17.4 Å². The van der Waals surface area contributed by atoms with Crippen molar-refractivity contribution in [2.75, 3.05) is 33.7 Å². The van der Waals surface area contributed by atoms with E-state index < -0.39 is 11.6 Å². The summed E-state index contributed by atoms with van der Waals surface area (Å²) in [6, 6.07) is 4.21. The molecule has 1 heterocycles. The second kappa shape index (κ2) is 6.62. The number of likely N-dealkylation sites (N-methyl/N-ethyl adjacent to an activating group) is 1. The van der Waals surface area contributed by atoms with Gasteiger partial charge in [-0.15, -0.1) is 0 Å². The van der Waals surface area contributed by atoms with Crippen molar-refractivity contribution < 1.29 is 13.6 Å². The molecule has 1 fully saturated rings. The van der Waals surface area contributed by atoms with E-state index in [0.717, 1.165) is 19.2 Å². The topological polar surface area (TPSA) is 23.6 Å². The average Bonchev–Trinajstić information content (AvgIpc) is 2.80. The number of ketones is 1. The molecule has 0 bridgehead atoms. The van der Waals surface area contributed by atoms with Crippen LogP contribution in [0.5, 0.6) is 0 Å². The third kappa shape index (κ3) is 3.66. The first-order chi connectivity index (χ1) is 9.90. The Hall–Kier alpha value is -1.33. The molecule has 0 N–H and O–H groups in total. The molecular weight excluding hydrogens is 274 g/mol. The van der Waals surface area contributed by atoms with E-state index in [9.17, 15) is 13.6 Å². The number of likely N-dealkylation sites (tertiary alicyclic amines) is 1. The van der Waals surface area contributed by atoms with E-state index in [-0.39, 0.29) is 17.8 Å². The zero-order valence-corrected chi connectivity index (χ0v) is 12.8. The predicted octanol–water partition coefficient (Wildman–Crippen LogP) is 2.42. The SMILES string of the molecule is CC1CN(CCC(=O)c2cccc(F)c2F)CC1N(C)C. The normalized spacial score (nSPS) is 23.0. The van der Waals surface area contributed by atoms with Gasteiger partial charge in [-0.3, -0.25) is 4.79 Å². The summed E-state index contributed by atoms with van der Waals surface area (Å²) < 4.78 is 26.7. The molecule has 0 radical (unpaired) electrons. The molecule has 1 aromatic rings. The van der Waals surface area contributed by atoms with Crippen molar-refractivity contribution in [3.8, 4) is 0 Å². The van der Waals surface area contributed by atoms with Gasteiger partial charge in [-0.05, 0) is 32.1 Å². The minimum Gasteiger partial charge on any atom is -0.305 e. The Kier molecular flexibility index (Phi) is 5.06. The number of carbonyl (C=O) groups excluding carboxylic acids is 1. The summed E-state index contributed by atoms with van der Waals surface area (Å²) in [7, 11) is 4.11. The van der Waals surface area contributed by atoms with Crippen LogP contribution in [0.15, 0.2) is 18.2 Å². The zero-order chi connectivity index (χ0) is 15.6. The van der Waals surface area contributed by atoms with Crippen LogP contribution in [0.25, 0.3) is 0 Å². The number of carbonyl (C=O) groups is 1. The minimum atomic E-state index is -1.04. The second-order valence-electron chi connectivity index (χ2n) is 6.04. The standard InChI is InChI=1S/C16H22F2N2O/c1-11-9-20(10-14(11)19(2)3)8-7-15(21)12-5-4-6-13(17)16(12)18/h4-6,11,14H,7-10H2,1-3H3. The third-order valence-electron chi connectivity index (χ3n) is 4.22. The Labute approximate surface area is 124 Å². The number of halogens is 2. The van der Waals surface area contributed by atoms with Gasteiger partial charge in [0.1, 0.15) is 0 Å². The molecule has 0 amide bonds. The van der Waals surface area contributed by atoms with Crippen LogP contribution in [-0.4, -0.2) is 55.4 Å². The quantitative estimate of drug-likeness (QED) is 0.780. The molecular formula is C16H22F2N2O. The average molecular weight is 296 g/mol. The lowest BCUT2D eigenvalue weighted by molar-refractivity contribution is 0.0962. The van der Waals surface area contributed by atoms with Gasteiger partial charge in [0, 0.05) is 32.1 Å². The lowest BCUT2D eigenvalue weighted by atomic mass is 10.1. The van der Waals surface area contributed by atoms with E-state index in [2.05, 4.69) is 30.8 Å². The third-order valence-corrected chi connectivity index (χ3v) is 4.22. The van der Waals surface area contributed by atoms with Gasteiger partial charge in [0.25, 0.3) is 0 Å². The summed E-state index contributed by atoms with van der Waals surface area (Å²) in [6.45, 7) is 4.62. The molecule has 1 saturated heterocycles. The van der Waals surface area contributed by atoms with E-state index in [1.54, 1.807) is 0 Å². The second-order valence-corrected chi connectivity index (χ2v) is 6.04. The van der Waals surface area contributed by atoms with Gasteiger partial charge < -0.3 is 9.80 Å². The first kappa shape index (κ1) is 16.0. The van der Waals surface area contributed by atoms with Gasteiger partial charge in [-0.25, -0.2) is 8.78 Å². The van der Waals surface area contributed by atoms with Crippen molar-refractivity contribution in [3.63, 3.8) is 0 Å². The molecule has 3 nitrogen and oxygen atoms in total. The zero-order valence-electron chi connectivity index (χ0n) is 12.8. The first-order valence-electron chi connectivity index (χ1n) is 7.26. The predicted molar refractivity (Wildman–Crippen MR) is 78.4 cm³/mol. The Bertz CT molecular complexity index is 519. The van der Waals surface area contributed by atoms with Crippen LogP contribution in [0.3, 0.4) is 0 Å². The Morgan fingerprint density at radius 2 is 2.05 bits per heavy atom. The van der Waals surface area contributed by atoms with Crippen molar-refractivity contribution in [2.45, 2.75) is 19.4 Å². The summed E-state index contributed by atoms with van der Waals surface area (Å²) in [6.07, 6.45) is 0.216. The molecule has 0 aromatic heterocycles. The van der Waals surface area contributed by atoms with Crippen LogP contribution >= 0.6 is 0 Å². The largest absolute Gasteiger partial charge is 0.305 e. The van der Waals surface area contributed by atoms with Gasteiger partial charge in [-0.1, -0.05) is 13.0 Å². The van der Waals surface area contributed by atoms with Crippen LogP contribution in [0, 0.1) is 17.6 Å². The highest BCUT2D eigenvalue weighted by atomic mass is 19.2. The summed E-state index contributed by atoms with van der Waals surface area (Å²) >= 11 is 0. The Morgan fingerprint density at radius 1 is 1.33 bits per heavy atom. The van der Waals surface area contributed by atoms with Crippen molar-refractivity contribution in [1.82, 2.24) is 9.80 Å². The maximum Gasteiger partial charge on any atom is 0.169 e. The Balaban J connectivity index is 1.92. The number of Topliss-reactive ketones (excluding diaryl/α,β-unsaturated/α-hetero) is 1. The monoisotopic (exact) mass is 296 g/mol. The molecule has 1 aromatic carbocycles. The molecule has 116 valence electrons. The highest BCUT2D eigenvalue weighted by Crippen LogP contribution is 2.21. The smallest absolute Gasteiger partial charge is 0.169 e. The molecule has 0 saturated carbocycles. The van der Waals surface area contributed by atoms with E-state index in [0.29, 0.717) is 18.5 Å². The fourth-order valence-electron chi connectivity index (χ4n) is 3.02. The number of hydrogen-bond donors (Lipinski definition) is 0. The van der Waals surface area contributed by atoms with Crippen LogP contribution in [0.4, 0.5) is 8.78 Å². The molecule has 0 aliphatic carbocycles. The fourth-order valence-corrected chi connectivity index (χ4v) is 3.02. The summed E-state index contributed by atoms with van der Waals surface area (Å²) in [5.41, 5.74) is -0.147. The van der Waals surface area contributed by atoms with Gasteiger partial charge in [0.05, 0.1) is 5.56 Å².